The monoisotopic (exact) mass is 510 g/mol. The van der Waals surface area contributed by atoms with Crippen LogP contribution in [0.2, 0.25) is 0 Å². The van der Waals surface area contributed by atoms with Gasteiger partial charge in [0, 0.05) is 16.7 Å². The largest absolute Gasteiger partial charge is 0.419 e. The Bertz CT molecular complexity index is 1300. The summed E-state index contributed by atoms with van der Waals surface area (Å²) in [6, 6.07) is 11.6. The van der Waals surface area contributed by atoms with Gasteiger partial charge in [-0.2, -0.15) is 26.3 Å². The van der Waals surface area contributed by atoms with Crippen LogP contribution in [0.15, 0.2) is 84.5 Å². The fourth-order valence-corrected chi connectivity index (χ4v) is 3.24. The Kier molecular flexibility index (Phi) is 8.07. The number of nitrogens with zero attached hydrogens (tertiary/aromatic N) is 2. The van der Waals surface area contributed by atoms with Crippen LogP contribution in [0, 0.1) is 5.82 Å². The van der Waals surface area contributed by atoms with E-state index in [2.05, 4.69) is 9.97 Å². The van der Waals surface area contributed by atoms with Crippen LogP contribution in [-0.2, 0) is 6.18 Å². The lowest BCUT2D eigenvalue weighted by Crippen LogP contribution is -2.10. The van der Waals surface area contributed by atoms with E-state index in [-0.39, 0.29) is 28.3 Å². The topological polar surface area (TPSA) is 25.8 Å². The highest BCUT2D eigenvalue weighted by Crippen LogP contribution is 2.35. The Morgan fingerprint density at radius 3 is 2.17 bits per heavy atom. The molecule has 0 spiro atoms. The van der Waals surface area contributed by atoms with Gasteiger partial charge in [-0.3, -0.25) is 0 Å². The SMILES string of the molecule is C\C=C(/C=C(\C=C/CF)c1cc(-c2ccc(F)c(C(F)(F)F)c2)nc(-c2ccccc2)n1)C(F)(F)F. The third-order valence-electron chi connectivity index (χ3n) is 4.96. The third kappa shape index (κ3) is 6.44. The fraction of sp³-hybridized carbons (Fsp3) is 0.154. The van der Waals surface area contributed by atoms with Gasteiger partial charge in [0.1, 0.15) is 12.5 Å². The Morgan fingerprint density at radius 1 is 0.889 bits per heavy atom. The van der Waals surface area contributed by atoms with Gasteiger partial charge in [-0.1, -0.05) is 48.6 Å². The molecule has 0 atom stereocenters. The molecule has 0 saturated carbocycles. The molecule has 0 aliphatic carbocycles. The van der Waals surface area contributed by atoms with Gasteiger partial charge in [-0.05, 0) is 37.3 Å². The first-order valence-electron chi connectivity index (χ1n) is 10.4. The van der Waals surface area contributed by atoms with Crippen molar-refractivity contribution in [3.63, 3.8) is 0 Å². The maximum absolute atomic E-state index is 13.8. The number of benzene rings is 2. The number of hydrogen-bond acceptors (Lipinski definition) is 2. The predicted molar refractivity (Wildman–Crippen MR) is 121 cm³/mol. The molecule has 1 aromatic heterocycles. The molecule has 0 aliphatic rings. The van der Waals surface area contributed by atoms with E-state index in [0.29, 0.717) is 17.7 Å². The van der Waals surface area contributed by atoms with Gasteiger partial charge < -0.3 is 0 Å². The lowest BCUT2D eigenvalue weighted by atomic mass is 10.0. The first-order valence-corrected chi connectivity index (χ1v) is 10.4. The second kappa shape index (κ2) is 10.8. The van der Waals surface area contributed by atoms with Crippen molar-refractivity contribution in [1.82, 2.24) is 9.97 Å². The molecule has 1 heterocycles. The molecule has 2 nitrogen and oxygen atoms in total. The minimum atomic E-state index is -4.99. The summed E-state index contributed by atoms with van der Waals surface area (Å²) < 4.78 is 107. The molecule has 3 rings (SSSR count). The van der Waals surface area contributed by atoms with E-state index in [1.54, 1.807) is 30.3 Å². The zero-order valence-electron chi connectivity index (χ0n) is 18.6. The van der Waals surface area contributed by atoms with Crippen molar-refractivity contribution >= 4 is 5.57 Å². The van der Waals surface area contributed by atoms with Crippen molar-refractivity contribution in [2.45, 2.75) is 19.3 Å². The second-order valence-electron chi connectivity index (χ2n) is 7.42. The predicted octanol–water partition coefficient (Wildman–Crippen LogP) is 8.39. The Labute approximate surface area is 201 Å². The van der Waals surface area contributed by atoms with Crippen LogP contribution in [0.4, 0.5) is 35.1 Å². The molecular weight excluding hydrogens is 492 g/mol. The van der Waals surface area contributed by atoms with Crippen LogP contribution < -0.4 is 0 Å². The summed E-state index contributed by atoms with van der Waals surface area (Å²) in [6.45, 7) is 0.193. The molecule has 10 heteroatoms. The van der Waals surface area contributed by atoms with E-state index >= 15 is 0 Å². The van der Waals surface area contributed by atoms with Gasteiger partial charge >= 0.3 is 12.4 Å². The number of rotatable bonds is 6. The van der Waals surface area contributed by atoms with Gasteiger partial charge in [0.2, 0.25) is 0 Å². The van der Waals surface area contributed by atoms with Gasteiger partial charge in [0.05, 0.1) is 22.5 Å². The summed E-state index contributed by atoms with van der Waals surface area (Å²) in [5, 5.41) is 0. The minimum absolute atomic E-state index is 0.00503. The molecule has 0 aliphatic heterocycles. The average Bonchev–Trinajstić information content (AvgIpc) is 2.83. The van der Waals surface area contributed by atoms with E-state index in [4.69, 9.17) is 0 Å². The molecule has 36 heavy (non-hydrogen) atoms. The van der Waals surface area contributed by atoms with E-state index in [9.17, 15) is 35.1 Å². The van der Waals surface area contributed by atoms with Crippen LogP contribution >= 0.6 is 0 Å². The number of alkyl halides is 7. The molecule has 0 unspecified atom stereocenters. The van der Waals surface area contributed by atoms with E-state index in [1.807, 2.05) is 0 Å². The first-order chi connectivity index (χ1) is 16.9. The Morgan fingerprint density at radius 2 is 1.58 bits per heavy atom. The van der Waals surface area contributed by atoms with Crippen molar-refractivity contribution in [2.75, 3.05) is 6.67 Å². The van der Waals surface area contributed by atoms with E-state index < -0.39 is 36.0 Å². The highest BCUT2D eigenvalue weighted by atomic mass is 19.4. The van der Waals surface area contributed by atoms with Gasteiger partial charge in [0.25, 0.3) is 0 Å². The van der Waals surface area contributed by atoms with Crippen molar-refractivity contribution in [3.05, 3.63) is 102 Å². The number of hydrogen-bond donors (Lipinski definition) is 0. The van der Waals surface area contributed by atoms with Crippen molar-refractivity contribution in [3.8, 4) is 22.6 Å². The lowest BCUT2D eigenvalue weighted by molar-refractivity contribution is -0.139. The first kappa shape index (κ1) is 26.8. The summed E-state index contributed by atoms with van der Waals surface area (Å²) >= 11 is 0. The zero-order chi connectivity index (χ0) is 26.5. The van der Waals surface area contributed by atoms with Crippen LogP contribution in [0.25, 0.3) is 28.2 Å². The van der Waals surface area contributed by atoms with Crippen LogP contribution in [-0.4, -0.2) is 22.8 Å². The van der Waals surface area contributed by atoms with E-state index in [1.165, 1.54) is 6.92 Å². The maximum Gasteiger partial charge on any atom is 0.419 e. The van der Waals surface area contributed by atoms with Gasteiger partial charge in [-0.25, -0.2) is 18.7 Å². The number of halogens is 8. The smallest absolute Gasteiger partial charge is 0.247 e. The van der Waals surface area contributed by atoms with Crippen LogP contribution in [0.3, 0.4) is 0 Å². The number of aromatic nitrogens is 2. The summed E-state index contributed by atoms with van der Waals surface area (Å²) in [6.07, 6.45) is -6.08. The fourth-order valence-electron chi connectivity index (χ4n) is 3.24. The highest BCUT2D eigenvalue weighted by molar-refractivity contribution is 5.78. The second-order valence-corrected chi connectivity index (χ2v) is 7.42. The van der Waals surface area contributed by atoms with Crippen LogP contribution in [0.5, 0.6) is 0 Å². The zero-order valence-corrected chi connectivity index (χ0v) is 18.6. The van der Waals surface area contributed by atoms with Crippen molar-refractivity contribution in [1.29, 1.82) is 0 Å². The minimum Gasteiger partial charge on any atom is -0.247 e. The molecule has 0 saturated heterocycles. The van der Waals surface area contributed by atoms with Crippen molar-refractivity contribution in [2.24, 2.45) is 0 Å². The molecule has 0 N–H and O–H groups in total. The Balaban J connectivity index is 2.31. The summed E-state index contributed by atoms with van der Waals surface area (Å²) in [5.41, 5.74) is -2.64. The molecule has 0 radical (unpaired) electrons. The van der Waals surface area contributed by atoms with Crippen LogP contribution in [0.1, 0.15) is 18.2 Å². The standard InChI is InChI=1S/C26H18F8N2/c1-2-19(25(29,30)31)13-17(9-6-12-27)22-15-23(36-24(35-22)16-7-4-3-5-8-16)18-10-11-21(28)20(14-18)26(32,33)34/h2-11,13-15H,12H2,1H3/b9-6-,17-13+,19-2+. The van der Waals surface area contributed by atoms with Crippen molar-refractivity contribution < 1.29 is 35.1 Å². The lowest BCUT2D eigenvalue weighted by Gasteiger charge is -2.13. The molecule has 188 valence electrons. The molecule has 0 bridgehead atoms. The summed E-state index contributed by atoms with van der Waals surface area (Å²) in [5.74, 6) is -1.49. The molecule has 0 fully saturated rings. The summed E-state index contributed by atoms with van der Waals surface area (Å²) in [7, 11) is 0. The highest BCUT2D eigenvalue weighted by Gasteiger charge is 2.34. The molecule has 3 aromatic rings. The quantitative estimate of drug-likeness (QED) is 0.246. The molecule has 0 amide bonds. The average molecular weight is 510 g/mol. The molecular formula is C26H18F8N2. The Hall–Kier alpha value is -3.82. The van der Waals surface area contributed by atoms with E-state index in [0.717, 1.165) is 36.4 Å². The number of allylic oxidation sites excluding steroid dienone is 6. The normalized spacial score (nSPS) is 13.5. The molecule has 2 aromatic carbocycles. The third-order valence-corrected chi connectivity index (χ3v) is 4.96. The maximum atomic E-state index is 13.8. The van der Waals surface area contributed by atoms with Gasteiger partial charge in [-0.15, -0.1) is 0 Å². The van der Waals surface area contributed by atoms with Gasteiger partial charge in [0.15, 0.2) is 5.82 Å². The summed E-state index contributed by atoms with van der Waals surface area (Å²) in [4.78, 5) is 8.57.